The first-order chi connectivity index (χ1) is 51.2. The first kappa shape index (κ1) is 61.2. The molecule has 0 radical (unpaired) electrons. The largest absolute Gasteiger partial charge is 0.310 e. The topological polar surface area (TPSA) is 16.3 Å². The highest BCUT2D eigenvalue weighted by Gasteiger charge is 2.48. The molecule has 0 amide bonds. The van der Waals surface area contributed by atoms with Crippen LogP contribution < -0.4 is 26.2 Å². The summed E-state index contributed by atoms with van der Waals surface area (Å²) < 4.78 is 4.85. The molecule has 8 heterocycles. The third-order valence-corrected chi connectivity index (χ3v) is 23.8. The molecule has 4 nitrogen and oxygen atoms in total. The van der Waals surface area contributed by atoms with Crippen molar-refractivity contribution in [1.82, 2.24) is 9.13 Å². The zero-order valence-corrected chi connectivity index (χ0v) is 60.0. The van der Waals surface area contributed by atoms with E-state index >= 15 is 0 Å². The van der Waals surface area contributed by atoms with Crippen LogP contribution in [0.4, 0.5) is 34.1 Å². The first-order valence-corrected chi connectivity index (χ1v) is 37.2. The lowest BCUT2D eigenvalue weighted by atomic mass is 9.33. The van der Waals surface area contributed by atoms with E-state index in [9.17, 15) is 0 Å². The van der Waals surface area contributed by atoms with Crippen LogP contribution in [0.25, 0.3) is 122 Å². The third-order valence-electron chi connectivity index (χ3n) is 23.8. The fraction of sp³-hybridized carbons (Fsp3) is 0.100. The third kappa shape index (κ3) is 9.13. The Morgan fingerprint density at radius 1 is 0.267 bits per heavy atom. The molecule has 23 rings (SSSR count). The lowest BCUT2D eigenvalue weighted by Gasteiger charge is -2.47. The predicted octanol–water partition coefficient (Wildman–Crippen LogP) is 24.5. The van der Waals surface area contributed by atoms with Gasteiger partial charge in [0.2, 0.25) is 0 Å². The van der Waals surface area contributed by atoms with Crippen molar-refractivity contribution < 1.29 is 0 Å². The summed E-state index contributed by atoms with van der Waals surface area (Å²) in [7, 11) is 0. The van der Waals surface area contributed by atoms with Crippen molar-refractivity contribution in [2.75, 3.05) is 9.80 Å². The Morgan fingerprint density at radius 2 is 0.590 bits per heavy atom. The molecule has 0 atom stereocenters. The Balaban J connectivity index is 0.914. The number of fused-ring (bicyclic) bond motifs is 14. The van der Waals surface area contributed by atoms with Crippen LogP contribution in [0, 0.1) is 0 Å². The van der Waals surface area contributed by atoms with E-state index in [4.69, 9.17) is 0 Å². The van der Waals surface area contributed by atoms with Gasteiger partial charge in [0.05, 0.1) is 33.4 Å². The number of hydrogen-bond acceptors (Lipinski definition) is 2. The fourth-order valence-corrected chi connectivity index (χ4v) is 18.3. The van der Waals surface area contributed by atoms with Crippen molar-refractivity contribution in [2.24, 2.45) is 0 Å². The molecule has 0 aliphatic carbocycles. The van der Waals surface area contributed by atoms with Crippen molar-refractivity contribution in [3.63, 3.8) is 0 Å². The van der Waals surface area contributed by atoms with Gasteiger partial charge in [0.25, 0.3) is 6.71 Å². The second-order valence-electron chi connectivity index (χ2n) is 31.8. The van der Waals surface area contributed by atoms with Crippen molar-refractivity contribution in [1.29, 1.82) is 0 Å². The molecule has 498 valence electrons. The predicted molar refractivity (Wildman–Crippen MR) is 445 cm³/mol. The van der Waals surface area contributed by atoms with E-state index in [0.29, 0.717) is 0 Å². The quantitative estimate of drug-likeness (QED) is 0.154. The highest BCUT2D eigenvalue weighted by Crippen LogP contribution is 2.58. The number of hydrogen-bond donors (Lipinski definition) is 0. The number of anilines is 6. The monoisotopic (exact) mass is 1340 g/mol. The molecule has 0 saturated carbocycles. The first-order valence-electron chi connectivity index (χ1n) is 37.2. The maximum Gasteiger partial charge on any atom is 0.252 e. The van der Waals surface area contributed by atoms with Gasteiger partial charge in [-0.2, -0.15) is 0 Å². The molecule has 0 unspecified atom stereocenters. The molecule has 7 bridgehead atoms. The minimum atomic E-state index is -0.646. The van der Waals surface area contributed by atoms with Gasteiger partial charge in [0.15, 0.2) is 0 Å². The molecule has 5 heteroatoms. The number of rotatable bonds is 6. The fourth-order valence-electron chi connectivity index (χ4n) is 18.3. The Hall–Kier alpha value is -12.4. The van der Waals surface area contributed by atoms with Crippen LogP contribution >= 0.6 is 0 Å². The standard InChI is InChI=1S/C100H75BN4/c1-98(2,3)72-56-79(62-24-12-8-13-25-62)96-81(58-72)64-36-44-70(45-37-64)100(7)71-46-38-65(39-47-71)82-59-73(99(4,5)6)57-80(63-26-14-9-15-27-63)97(82)105-92-55-69(67-43-51-90-84(53-67)78-33-21-23-35-88(78)103(90)76-30-18-11-19-31-76)41-49-86(92)101-85-48-40-68(54-91(85)104(96)93-60-74(100)61-94(105)95(93)101)66-42-50-89-83(52-66)77-32-20-22-34-87(77)102(89)75-28-16-10-17-29-75/h8-61H,1-7H3. The molecule has 0 spiro atoms. The highest BCUT2D eigenvalue weighted by molar-refractivity contribution is 7.00. The molecule has 6 aliphatic rings. The Morgan fingerprint density at radius 3 is 0.981 bits per heavy atom. The van der Waals surface area contributed by atoms with Gasteiger partial charge in [-0.05, 0) is 216 Å². The summed E-state index contributed by atoms with van der Waals surface area (Å²) in [4.78, 5) is 5.51. The lowest BCUT2D eigenvalue weighted by Crippen LogP contribution is -2.61. The van der Waals surface area contributed by atoms with Crippen LogP contribution in [0.5, 0.6) is 0 Å². The average Bonchev–Trinajstić information content (AvgIpc) is 1.53. The van der Waals surface area contributed by atoms with Crippen LogP contribution in [0.2, 0.25) is 0 Å². The average molecular weight is 1340 g/mol. The van der Waals surface area contributed by atoms with Crippen molar-refractivity contribution in [3.8, 4) is 78.1 Å². The molecule has 2 aromatic heterocycles. The zero-order valence-electron chi connectivity index (χ0n) is 60.0. The van der Waals surface area contributed by atoms with Crippen LogP contribution in [0.1, 0.15) is 76.3 Å². The second-order valence-corrected chi connectivity index (χ2v) is 31.8. The molecule has 17 aromatic rings. The summed E-state index contributed by atoms with van der Waals surface area (Å²) >= 11 is 0. The summed E-state index contributed by atoms with van der Waals surface area (Å²) in [6.07, 6.45) is 0. The van der Waals surface area contributed by atoms with E-state index in [-0.39, 0.29) is 17.5 Å². The normalized spacial score (nSPS) is 13.7. The van der Waals surface area contributed by atoms with Gasteiger partial charge in [-0.25, -0.2) is 0 Å². The number of benzene rings is 15. The summed E-state index contributed by atoms with van der Waals surface area (Å²) in [5.74, 6) is 0. The second kappa shape index (κ2) is 22.5. The van der Waals surface area contributed by atoms with Crippen molar-refractivity contribution in [2.45, 2.75) is 64.7 Å². The molecule has 105 heavy (non-hydrogen) atoms. The molecule has 0 saturated heterocycles. The van der Waals surface area contributed by atoms with Gasteiger partial charge < -0.3 is 18.9 Å². The SMILES string of the molecule is CC(C)(C)c1cc(-c2ccccc2)c2c(c1)-c1ccc(cc1)C1(C)c3ccc(cc3)-c3cc(C(C)(C)C)cc(-c4ccccc4)c3N3c4cc(-c5ccc6c(c5)c5ccccc5n6-c5ccccc5)ccc4B4c5ccc(-c6ccc7c(c6)c6ccccc6n7-c6ccccc6)cc5N2c2cc1cc3c24. The minimum Gasteiger partial charge on any atom is -0.310 e. The minimum absolute atomic E-state index is 0.185. The van der Waals surface area contributed by atoms with E-state index in [1.165, 1.54) is 155 Å². The molecular formula is C100H75BN4. The Labute approximate surface area is 614 Å². The van der Waals surface area contributed by atoms with Gasteiger partial charge >= 0.3 is 0 Å². The summed E-state index contributed by atoms with van der Waals surface area (Å²) in [6, 6.07) is 126. The van der Waals surface area contributed by atoms with Crippen LogP contribution in [-0.2, 0) is 16.2 Å². The van der Waals surface area contributed by atoms with Gasteiger partial charge in [0.1, 0.15) is 0 Å². The van der Waals surface area contributed by atoms with E-state index < -0.39 is 5.41 Å². The van der Waals surface area contributed by atoms with E-state index in [0.717, 1.165) is 45.3 Å². The van der Waals surface area contributed by atoms with E-state index in [2.05, 4.69) is 395 Å². The maximum atomic E-state index is 2.75. The van der Waals surface area contributed by atoms with Gasteiger partial charge in [-0.3, -0.25) is 0 Å². The molecule has 15 aromatic carbocycles. The highest BCUT2D eigenvalue weighted by atomic mass is 15.2. The molecule has 0 fully saturated rings. The molecular weight excluding hydrogens is 1270 g/mol. The van der Waals surface area contributed by atoms with Crippen molar-refractivity contribution >= 4 is 101 Å². The van der Waals surface area contributed by atoms with Crippen molar-refractivity contribution in [3.05, 3.63) is 355 Å². The number of aromatic nitrogens is 2. The Kier molecular flexibility index (Phi) is 13.1. The summed E-state index contributed by atoms with van der Waals surface area (Å²) in [6.45, 7) is 16.5. The maximum absolute atomic E-state index is 2.75. The zero-order chi connectivity index (χ0) is 70.4. The smallest absolute Gasteiger partial charge is 0.252 e. The van der Waals surface area contributed by atoms with Crippen LogP contribution in [0.3, 0.4) is 0 Å². The Bertz CT molecular complexity index is 6080. The summed E-state index contributed by atoms with van der Waals surface area (Å²) in [5.41, 5.74) is 37.2. The van der Waals surface area contributed by atoms with Crippen LogP contribution in [0.15, 0.2) is 328 Å². The van der Waals surface area contributed by atoms with Crippen LogP contribution in [-0.4, -0.2) is 15.8 Å². The van der Waals surface area contributed by atoms with Gasteiger partial charge in [0, 0.05) is 83.3 Å². The summed E-state index contributed by atoms with van der Waals surface area (Å²) in [5, 5.41) is 4.91. The van der Waals surface area contributed by atoms with E-state index in [1.54, 1.807) is 0 Å². The molecule has 6 aliphatic heterocycles. The van der Waals surface area contributed by atoms with E-state index in [1.807, 2.05) is 0 Å². The van der Waals surface area contributed by atoms with Gasteiger partial charge in [-0.1, -0.05) is 260 Å². The lowest BCUT2D eigenvalue weighted by molar-refractivity contribution is 0.590. The number of para-hydroxylation sites is 4. The van der Waals surface area contributed by atoms with Gasteiger partial charge in [-0.15, -0.1) is 0 Å². The molecule has 0 N–H and O–H groups in total. The number of nitrogens with zero attached hydrogens (tertiary/aromatic N) is 4.